The molecule has 1 aromatic heterocycles. The van der Waals surface area contributed by atoms with Gasteiger partial charge in [-0.25, -0.2) is 13.4 Å². The molecular weight excluding hydrogens is 228 g/mol. The summed E-state index contributed by atoms with van der Waals surface area (Å²) in [7, 11) is -3.22. The number of aromatic amines is 1. The lowest BCUT2D eigenvalue weighted by molar-refractivity contribution is 0.319. The molecule has 0 aliphatic carbocycles. The summed E-state index contributed by atoms with van der Waals surface area (Å²) in [5.74, 6) is -0.253. The summed E-state index contributed by atoms with van der Waals surface area (Å²) in [4.78, 5) is 6.97. The molecule has 2 rings (SSSR count). The van der Waals surface area contributed by atoms with Crippen molar-refractivity contribution in [3.8, 4) is 0 Å². The molecule has 0 saturated heterocycles. The molecule has 0 aliphatic heterocycles. The molecule has 86 valence electrons. The Balaban J connectivity index is 2.27. The number of aliphatic hydroxyl groups is 1. The van der Waals surface area contributed by atoms with E-state index in [4.69, 9.17) is 5.11 Å². The van der Waals surface area contributed by atoms with Crippen LogP contribution in [0.5, 0.6) is 0 Å². The van der Waals surface area contributed by atoms with E-state index < -0.39 is 9.84 Å². The Labute approximate surface area is 93.1 Å². The van der Waals surface area contributed by atoms with E-state index in [2.05, 4.69) is 9.97 Å². The summed E-state index contributed by atoms with van der Waals surface area (Å²) in [5.41, 5.74) is 2.32. The van der Waals surface area contributed by atoms with Crippen LogP contribution in [0.2, 0.25) is 0 Å². The average molecular weight is 240 g/mol. The fourth-order valence-corrected chi connectivity index (χ4v) is 2.65. The number of nitrogens with zero attached hydrogens (tertiary/aromatic N) is 1. The van der Waals surface area contributed by atoms with Crippen molar-refractivity contribution in [3.05, 3.63) is 30.1 Å². The summed E-state index contributed by atoms with van der Waals surface area (Å²) in [6.07, 6.45) is 1.57. The Morgan fingerprint density at radius 2 is 2.19 bits per heavy atom. The third-order valence-electron chi connectivity index (χ3n) is 2.27. The molecule has 1 heterocycles. The molecule has 5 nitrogen and oxygen atoms in total. The quantitative estimate of drug-likeness (QED) is 0.813. The molecule has 2 N–H and O–H groups in total. The van der Waals surface area contributed by atoms with Gasteiger partial charge in [-0.05, 0) is 17.7 Å². The van der Waals surface area contributed by atoms with E-state index >= 15 is 0 Å². The Hall–Kier alpha value is -1.40. The second-order valence-corrected chi connectivity index (χ2v) is 5.75. The Bertz CT molecular complexity index is 589. The van der Waals surface area contributed by atoms with Crippen molar-refractivity contribution < 1.29 is 13.5 Å². The minimum absolute atomic E-state index is 0.0531. The first-order valence-corrected chi connectivity index (χ1v) is 6.66. The number of H-pyrrole nitrogens is 1. The van der Waals surface area contributed by atoms with E-state index in [1.54, 1.807) is 24.5 Å². The number of sulfone groups is 1. The van der Waals surface area contributed by atoms with Gasteiger partial charge in [0.2, 0.25) is 0 Å². The van der Waals surface area contributed by atoms with Gasteiger partial charge in [0.1, 0.15) is 0 Å². The molecule has 2 aromatic rings. The predicted molar refractivity (Wildman–Crippen MR) is 60.7 cm³/mol. The van der Waals surface area contributed by atoms with Crippen molar-refractivity contribution in [2.45, 2.75) is 5.75 Å². The second kappa shape index (κ2) is 4.23. The topological polar surface area (TPSA) is 83.1 Å². The van der Waals surface area contributed by atoms with Gasteiger partial charge < -0.3 is 10.1 Å². The summed E-state index contributed by atoms with van der Waals surface area (Å²) >= 11 is 0. The van der Waals surface area contributed by atoms with Crippen molar-refractivity contribution in [1.82, 2.24) is 9.97 Å². The van der Waals surface area contributed by atoms with E-state index in [1.165, 1.54) is 0 Å². The smallest absolute Gasteiger partial charge is 0.156 e. The number of imidazole rings is 1. The van der Waals surface area contributed by atoms with Crippen molar-refractivity contribution in [2.24, 2.45) is 0 Å². The molecule has 0 aliphatic rings. The first kappa shape index (κ1) is 11.1. The molecule has 1 aromatic carbocycles. The molecule has 0 fully saturated rings. The van der Waals surface area contributed by atoms with Gasteiger partial charge in [-0.1, -0.05) is 6.07 Å². The van der Waals surface area contributed by atoms with Gasteiger partial charge in [-0.3, -0.25) is 0 Å². The summed E-state index contributed by atoms with van der Waals surface area (Å²) in [6, 6.07) is 5.27. The highest BCUT2D eigenvalue weighted by molar-refractivity contribution is 7.90. The zero-order valence-corrected chi connectivity index (χ0v) is 9.37. The number of hydrogen-bond acceptors (Lipinski definition) is 4. The van der Waals surface area contributed by atoms with Crippen molar-refractivity contribution in [2.75, 3.05) is 12.4 Å². The lowest BCUT2D eigenvalue weighted by Crippen LogP contribution is -2.12. The highest BCUT2D eigenvalue weighted by atomic mass is 32.2. The van der Waals surface area contributed by atoms with Gasteiger partial charge in [0.05, 0.1) is 35.5 Å². The van der Waals surface area contributed by atoms with Crippen molar-refractivity contribution >= 4 is 20.9 Å². The van der Waals surface area contributed by atoms with E-state index in [0.29, 0.717) is 5.56 Å². The maximum Gasteiger partial charge on any atom is 0.156 e. The fourth-order valence-electron chi connectivity index (χ4n) is 1.54. The lowest BCUT2D eigenvalue weighted by atomic mass is 10.2. The summed E-state index contributed by atoms with van der Waals surface area (Å²) in [5, 5.41) is 8.62. The van der Waals surface area contributed by atoms with E-state index in [0.717, 1.165) is 11.0 Å². The van der Waals surface area contributed by atoms with Gasteiger partial charge in [-0.15, -0.1) is 0 Å². The Morgan fingerprint density at radius 3 is 2.94 bits per heavy atom. The maximum atomic E-state index is 11.5. The lowest BCUT2D eigenvalue weighted by Gasteiger charge is -2.02. The normalized spacial score (nSPS) is 12.1. The van der Waals surface area contributed by atoms with Crippen LogP contribution in [0.25, 0.3) is 11.0 Å². The number of benzene rings is 1. The predicted octanol–water partition coefficient (Wildman–Crippen LogP) is 0.470. The first-order valence-electron chi connectivity index (χ1n) is 4.84. The Morgan fingerprint density at radius 1 is 1.38 bits per heavy atom. The number of fused-ring (bicyclic) bond motifs is 1. The van der Waals surface area contributed by atoms with Crippen LogP contribution in [-0.2, 0) is 15.6 Å². The van der Waals surface area contributed by atoms with Gasteiger partial charge in [0, 0.05) is 0 Å². The fraction of sp³-hybridized carbons (Fsp3) is 0.300. The molecule has 6 heteroatoms. The van der Waals surface area contributed by atoms with Gasteiger partial charge in [0.15, 0.2) is 9.84 Å². The van der Waals surface area contributed by atoms with Gasteiger partial charge in [0.25, 0.3) is 0 Å². The molecule has 0 radical (unpaired) electrons. The molecule has 0 saturated carbocycles. The molecule has 0 spiro atoms. The van der Waals surface area contributed by atoms with Crippen LogP contribution in [0.3, 0.4) is 0 Å². The van der Waals surface area contributed by atoms with Crippen LogP contribution >= 0.6 is 0 Å². The maximum absolute atomic E-state index is 11.5. The molecular formula is C10H12N2O3S. The standard InChI is InChI=1S/C10H12N2O3S/c13-3-4-16(14,15)6-8-1-2-9-10(5-8)12-7-11-9/h1-2,5,7,13H,3-4,6H2,(H,11,12). The van der Waals surface area contributed by atoms with Crippen LogP contribution in [0.1, 0.15) is 5.56 Å². The minimum Gasteiger partial charge on any atom is -0.395 e. The van der Waals surface area contributed by atoms with E-state index in [9.17, 15) is 8.42 Å². The van der Waals surface area contributed by atoms with Crippen LogP contribution in [-0.4, -0.2) is 35.9 Å². The monoisotopic (exact) mass is 240 g/mol. The zero-order chi connectivity index (χ0) is 11.6. The van der Waals surface area contributed by atoms with Gasteiger partial charge >= 0.3 is 0 Å². The van der Waals surface area contributed by atoms with E-state index in [1.807, 2.05) is 0 Å². The molecule has 0 unspecified atom stereocenters. The first-order chi connectivity index (χ1) is 7.61. The average Bonchev–Trinajstić information content (AvgIpc) is 2.63. The molecule has 16 heavy (non-hydrogen) atoms. The third-order valence-corrected chi connectivity index (χ3v) is 3.85. The summed E-state index contributed by atoms with van der Waals surface area (Å²) in [6.45, 7) is -0.339. The molecule has 0 bridgehead atoms. The molecule has 0 atom stereocenters. The Kier molecular flexibility index (Phi) is 2.93. The highest BCUT2D eigenvalue weighted by Gasteiger charge is 2.11. The highest BCUT2D eigenvalue weighted by Crippen LogP contribution is 2.14. The van der Waals surface area contributed by atoms with E-state index in [-0.39, 0.29) is 18.1 Å². The second-order valence-electron chi connectivity index (χ2n) is 3.57. The van der Waals surface area contributed by atoms with Crippen LogP contribution < -0.4 is 0 Å². The van der Waals surface area contributed by atoms with Crippen LogP contribution in [0, 0.1) is 0 Å². The molecule has 0 amide bonds. The SMILES string of the molecule is O=S(=O)(CCO)Cc1ccc2nc[nH]c2c1. The zero-order valence-electron chi connectivity index (χ0n) is 8.55. The van der Waals surface area contributed by atoms with Crippen molar-refractivity contribution in [3.63, 3.8) is 0 Å². The number of rotatable bonds is 4. The summed E-state index contributed by atoms with van der Waals surface area (Å²) < 4.78 is 23.0. The van der Waals surface area contributed by atoms with Crippen LogP contribution in [0.15, 0.2) is 24.5 Å². The van der Waals surface area contributed by atoms with Gasteiger partial charge in [-0.2, -0.15) is 0 Å². The number of nitrogens with one attached hydrogen (secondary N) is 1. The minimum atomic E-state index is -3.22. The number of hydrogen-bond donors (Lipinski definition) is 2. The number of aromatic nitrogens is 2. The number of aliphatic hydroxyl groups excluding tert-OH is 1. The van der Waals surface area contributed by atoms with Crippen molar-refractivity contribution in [1.29, 1.82) is 0 Å². The third kappa shape index (κ3) is 2.40. The largest absolute Gasteiger partial charge is 0.395 e. The van der Waals surface area contributed by atoms with Crippen LogP contribution in [0.4, 0.5) is 0 Å².